The van der Waals surface area contributed by atoms with E-state index in [2.05, 4.69) is 10.3 Å². The highest BCUT2D eigenvalue weighted by Crippen LogP contribution is 2.34. The van der Waals surface area contributed by atoms with E-state index in [1.165, 1.54) is 0 Å². The summed E-state index contributed by atoms with van der Waals surface area (Å²) in [6.45, 7) is 6.04. The molecule has 3 unspecified atom stereocenters. The zero-order valence-corrected chi connectivity index (χ0v) is 22.5. The molecule has 3 atom stereocenters. The Balaban J connectivity index is 0.000000587. The molecule has 10 nitrogen and oxygen atoms in total. The Morgan fingerprint density at radius 2 is 1.76 bits per heavy atom. The maximum Gasteiger partial charge on any atom is 0.490 e. The van der Waals surface area contributed by atoms with E-state index in [9.17, 15) is 22.8 Å². The fourth-order valence-corrected chi connectivity index (χ4v) is 4.62. The molecule has 220 valence electrons. The van der Waals surface area contributed by atoms with Crippen molar-refractivity contribution < 1.29 is 47.3 Å². The van der Waals surface area contributed by atoms with Crippen LogP contribution in [0.3, 0.4) is 0 Å². The van der Waals surface area contributed by atoms with E-state index in [1.54, 1.807) is 29.7 Å². The van der Waals surface area contributed by atoms with E-state index >= 15 is 0 Å². The van der Waals surface area contributed by atoms with Gasteiger partial charge >= 0.3 is 12.1 Å². The minimum absolute atomic E-state index is 0.0821. The van der Waals surface area contributed by atoms with Crippen LogP contribution in [0.4, 0.5) is 13.2 Å². The number of alkyl halides is 3. The largest absolute Gasteiger partial charge is 0.490 e. The Hall–Kier alpha value is -4.23. The summed E-state index contributed by atoms with van der Waals surface area (Å²) in [5, 5.41) is 20.1. The van der Waals surface area contributed by atoms with Crippen LogP contribution < -0.4 is 15.5 Å². The lowest BCUT2D eigenvalue weighted by Crippen LogP contribution is -2.55. The quantitative estimate of drug-likeness (QED) is 0.240. The first-order valence-electron chi connectivity index (χ1n) is 12.5. The molecule has 2 amide bonds. The van der Waals surface area contributed by atoms with E-state index in [-0.39, 0.29) is 24.5 Å². The lowest BCUT2D eigenvalue weighted by atomic mass is 9.86. The molecule has 0 spiro atoms. The summed E-state index contributed by atoms with van der Waals surface area (Å²) in [5.41, 5.74) is 4.07. The van der Waals surface area contributed by atoms with Gasteiger partial charge in [-0.2, -0.15) is 13.2 Å². The number of benzene rings is 2. The molecule has 0 radical (unpaired) electrons. The Kier molecular flexibility index (Phi) is 9.89. The van der Waals surface area contributed by atoms with Gasteiger partial charge in [-0.3, -0.25) is 19.8 Å². The van der Waals surface area contributed by atoms with Crippen LogP contribution in [0.15, 0.2) is 54.6 Å². The van der Waals surface area contributed by atoms with Crippen LogP contribution in [-0.2, 0) is 20.9 Å². The maximum absolute atomic E-state index is 13.0. The highest BCUT2D eigenvalue weighted by Gasteiger charge is 2.47. The van der Waals surface area contributed by atoms with Crippen molar-refractivity contribution in [3.05, 3.63) is 71.4 Å². The van der Waals surface area contributed by atoms with E-state index in [4.69, 9.17) is 24.6 Å². The van der Waals surface area contributed by atoms with E-state index < -0.39 is 23.6 Å². The Labute approximate surface area is 233 Å². The molecule has 0 aliphatic carbocycles. The van der Waals surface area contributed by atoms with Crippen molar-refractivity contribution in [3.8, 4) is 5.75 Å². The molecule has 1 aliphatic heterocycles. The predicted octanol–water partition coefficient (Wildman–Crippen LogP) is 4.32. The third-order valence-electron chi connectivity index (χ3n) is 6.51. The summed E-state index contributed by atoms with van der Waals surface area (Å²) in [5.74, 6) is -3.02. The van der Waals surface area contributed by atoms with Crippen molar-refractivity contribution in [3.63, 3.8) is 0 Å². The summed E-state index contributed by atoms with van der Waals surface area (Å²) in [6, 6.07) is 16.8. The molecule has 1 fully saturated rings. The molecule has 0 bridgehead atoms. The second-order valence-corrected chi connectivity index (χ2v) is 9.67. The number of carboxylic acid groups (broad SMARTS) is 1. The van der Waals surface area contributed by atoms with E-state index in [1.807, 2.05) is 51.1 Å². The van der Waals surface area contributed by atoms with Gasteiger partial charge < -0.3 is 19.9 Å². The highest BCUT2D eigenvalue weighted by molar-refractivity contribution is 5.95. The molecular weight excluding hydrogens is 547 g/mol. The summed E-state index contributed by atoms with van der Waals surface area (Å²) in [4.78, 5) is 38.3. The van der Waals surface area contributed by atoms with Crippen molar-refractivity contribution in [2.75, 3.05) is 0 Å². The highest BCUT2D eigenvalue weighted by atomic mass is 19.4. The summed E-state index contributed by atoms with van der Waals surface area (Å²) in [6.07, 6.45) is -5.20. The topological polar surface area (TPSA) is 147 Å². The molecule has 2 aromatic carbocycles. The van der Waals surface area contributed by atoms with Crippen LogP contribution in [0.5, 0.6) is 5.75 Å². The first-order valence-corrected chi connectivity index (χ1v) is 12.5. The molecule has 41 heavy (non-hydrogen) atoms. The number of carbonyl (C=O) groups is 3. The van der Waals surface area contributed by atoms with Crippen LogP contribution in [0.1, 0.15) is 48.3 Å². The summed E-state index contributed by atoms with van der Waals surface area (Å²) >= 11 is 0. The molecule has 2 heterocycles. The van der Waals surface area contributed by atoms with E-state index in [0.29, 0.717) is 24.3 Å². The van der Waals surface area contributed by atoms with Crippen LogP contribution in [0.2, 0.25) is 0 Å². The van der Waals surface area contributed by atoms with Gasteiger partial charge in [-0.1, -0.05) is 18.2 Å². The van der Waals surface area contributed by atoms with E-state index in [0.717, 1.165) is 22.2 Å². The predicted molar refractivity (Wildman–Crippen MR) is 140 cm³/mol. The number of halogens is 3. The maximum atomic E-state index is 13.0. The van der Waals surface area contributed by atoms with Gasteiger partial charge in [-0.15, -0.1) is 0 Å². The van der Waals surface area contributed by atoms with Crippen LogP contribution in [0, 0.1) is 6.92 Å². The van der Waals surface area contributed by atoms with Gasteiger partial charge in [0.15, 0.2) is 0 Å². The number of hydrogen-bond donors (Lipinski definition) is 4. The van der Waals surface area contributed by atoms with Gasteiger partial charge in [-0.05, 0) is 63.6 Å². The summed E-state index contributed by atoms with van der Waals surface area (Å²) < 4.78 is 43.5. The van der Waals surface area contributed by atoms with Gasteiger partial charge in [0.1, 0.15) is 12.4 Å². The normalized spacial score (nSPS) is 20.1. The standard InChI is InChI=1S/C26H29N3O5.C2HF3O2/c1-16-12-20(22-6-4-5-7-23(22)27-16)15-33-21-10-8-19(9-11-21)25(31)28-26(14-24(30)29-32)13-17(2)34-18(26)3;3-2(4,5)1(6)7/h4-12,17-18,32H,13-15H2,1-3H3,(H,28,31)(H,29,30);(H,6,7). The number of ether oxygens (including phenoxy) is 2. The van der Waals surface area contributed by atoms with Gasteiger partial charge in [-0.25, -0.2) is 10.3 Å². The van der Waals surface area contributed by atoms with Crippen molar-refractivity contribution in [1.29, 1.82) is 0 Å². The third kappa shape index (κ3) is 8.14. The molecule has 4 rings (SSSR count). The fourth-order valence-electron chi connectivity index (χ4n) is 4.62. The number of carbonyl (C=O) groups excluding carboxylic acids is 2. The first-order chi connectivity index (χ1) is 19.2. The molecule has 0 saturated carbocycles. The Morgan fingerprint density at radius 1 is 1.12 bits per heavy atom. The minimum atomic E-state index is -5.08. The average molecular weight is 578 g/mol. The van der Waals surface area contributed by atoms with Gasteiger partial charge in [0.2, 0.25) is 5.91 Å². The number of nitrogens with zero attached hydrogens (tertiary/aromatic N) is 1. The second kappa shape index (κ2) is 13.0. The number of nitrogens with one attached hydrogen (secondary N) is 2. The number of para-hydroxylation sites is 1. The van der Waals surface area contributed by atoms with Gasteiger partial charge in [0, 0.05) is 22.2 Å². The molecular formula is C28H30F3N3O7. The minimum Gasteiger partial charge on any atom is -0.489 e. The zero-order chi connectivity index (χ0) is 30.4. The number of hydroxylamine groups is 1. The number of hydrogen-bond acceptors (Lipinski definition) is 7. The number of aryl methyl sites for hydroxylation is 1. The number of aliphatic carboxylic acids is 1. The number of amides is 2. The van der Waals surface area contributed by atoms with Crippen LogP contribution in [-0.4, -0.2) is 57.0 Å². The van der Waals surface area contributed by atoms with Crippen molar-refractivity contribution in [1.82, 2.24) is 15.8 Å². The number of rotatable bonds is 7. The second-order valence-electron chi connectivity index (χ2n) is 9.67. The Morgan fingerprint density at radius 3 is 2.32 bits per heavy atom. The van der Waals surface area contributed by atoms with Crippen LogP contribution >= 0.6 is 0 Å². The lowest BCUT2D eigenvalue weighted by molar-refractivity contribution is -0.192. The number of carboxylic acids is 1. The first kappa shape index (κ1) is 31.3. The zero-order valence-electron chi connectivity index (χ0n) is 22.5. The molecule has 13 heteroatoms. The Bertz CT molecular complexity index is 1400. The van der Waals surface area contributed by atoms with Crippen molar-refractivity contribution >= 4 is 28.7 Å². The third-order valence-corrected chi connectivity index (χ3v) is 6.51. The molecule has 1 aliphatic rings. The lowest BCUT2D eigenvalue weighted by Gasteiger charge is -2.32. The number of aromatic nitrogens is 1. The SMILES string of the molecule is Cc1cc(COc2ccc(C(=O)NC3(CC(=O)NO)CC(C)OC3C)cc2)c2ccccc2n1.O=C(O)C(F)(F)F. The summed E-state index contributed by atoms with van der Waals surface area (Å²) in [7, 11) is 0. The van der Waals surface area contributed by atoms with Crippen LogP contribution in [0.25, 0.3) is 10.9 Å². The van der Waals surface area contributed by atoms with Gasteiger partial charge in [0.25, 0.3) is 5.91 Å². The van der Waals surface area contributed by atoms with Crippen molar-refractivity contribution in [2.45, 2.75) is 64.1 Å². The average Bonchev–Trinajstić information content (AvgIpc) is 3.18. The molecule has 4 N–H and O–H groups in total. The number of fused-ring (bicyclic) bond motifs is 1. The van der Waals surface area contributed by atoms with Crippen molar-refractivity contribution in [2.24, 2.45) is 0 Å². The fraction of sp³-hybridized carbons (Fsp3) is 0.357. The van der Waals surface area contributed by atoms with Gasteiger partial charge in [0.05, 0.1) is 29.7 Å². The number of pyridine rings is 1. The smallest absolute Gasteiger partial charge is 0.489 e. The monoisotopic (exact) mass is 577 g/mol. The molecule has 1 saturated heterocycles. The molecule has 3 aromatic rings. The molecule has 1 aromatic heterocycles.